The molecule has 2 aliphatic rings. The fraction of sp³-hybridized carbons (Fsp3) is 0.429. The van der Waals surface area contributed by atoms with Crippen molar-refractivity contribution in [2.24, 2.45) is 0 Å². The number of benzene rings is 1. The van der Waals surface area contributed by atoms with Gasteiger partial charge in [-0.25, -0.2) is 18.1 Å². The summed E-state index contributed by atoms with van der Waals surface area (Å²) in [5, 5.41) is 2.91. The second kappa shape index (κ2) is 9.32. The topological polar surface area (TPSA) is 91.4 Å². The van der Waals surface area contributed by atoms with E-state index in [2.05, 4.69) is 19.9 Å². The third-order valence-electron chi connectivity index (χ3n) is 5.42. The van der Waals surface area contributed by atoms with Gasteiger partial charge >= 0.3 is 0 Å². The zero-order valence-corrected chi connectivity index (χ0v) is 19.2. The highest BCUT2D eigenvalue weighted by atomic mass is 35.5. The SMILES string of the molecule is O=C(NCc1cccnc1N1CCCCC1)c1cc(S(=O)(=O)NC2CC2)c(Cl)cc1Cl. The summed E-state index contributed by atoms with van der Waals surface area (Å²) in [6.45, 7) is 2.13. The summed E-state index contributed by atoms with van der Waals surface area (Å²) < 4.78 is 27.8. The predicted molar refractivity (Wildman–Crippen MR) is 121 cm³/mol. The van der Waals surface area contributed by atoms with Gasteiger partial charge in [0.25, 0.3) is 5.91 Å². The van der Waals surface area contributed by atoms with Crippen LogP contribution in [0.3, 0.4) is 0 Å². The van der Waals surface area contributed by atoms with Crippen molar-refractivity contribution in [3.8, 4) is 0 Å². The van der Waals surface area contributed by atoms with Crippen LogP contribution >= 0.6 is 23.2 Å². The van der Waals surface area contributed by atoms with Gasteiger partial charge in [-0.3, -0.25) is 4.79 Å². The smallest absolute Gasteiger partial charge is 0.253 e. The van der Waals surface area contributed by atoms with Crippen LogP contribution in [0, 0.1) is 0 Å². The average Bonchev–Trinajstić information content (AvgIpc) is 3.56. The first-order valence-corrected chi connectivity index (χ1v) is 12.6. The molecule has 2 aromatic rings. The van der Waals surface area contributed by atoms with Gasteiger partial charge in [-0.15, -0.1) is 0 Å². The molecule has 0 spiro atoms. The molecule has 0 bridgehead atoms. The monoisotopic (exact) mass is 482 g/mol. The summed E-state index contributed by atoms with van der Waals surface area (Å²) in [5.41, 5.74) is 0.955. The highest BCUT2D eigenvalue weighted by Crippen LogP contribution is 2.31. The second-order valence-electron chi connectivity index (χ2n) is 7.87. The van der Waals surface area contributed by atoms with Crippen molar-refractivity contribution in [1.82, 2.24) is 15.0 Å². The Balaban J connectivity index is 1.52. The lowest BCUT2D eigenvalue weighted by Gasteiger charge is -2.29. The number of carbonyl (C=O) groups excluding carboxylic acids is 1. The summed E-state index contributed by atoms with van der Waals surface area (Å²) >= 11 is 12.3. The van der Waals surface area contributed by atoms with Crippen LogP contribution in [0.25, 0.3) is 0 Å². The minimum atomic E-state index is -3.83. The van der Waals surface area contributed by atoms with Crippen LogP contribution < -0.4 is 14.9 Å². The van der Waals surface area contributed by atoms with Crippen molar-refractivity contribution in [1.29, 1.82) is 0 Å². The summed E-state index contributed by atoms with van der Waals surface area (Å²) in [5.74, 6) is 0.389. The lowest BCUT2D eigenvalue weighted by molar-refractivity contribution is 0.0951. The molecular formula is C21H24Cl2N4O3S. The molecule has 0 atom stereocenters. The first-order valence-electron chi connectivity index (χ1n) is 10.3. The third kappa shape index (κ3) is 5.31. The fourth-order valence-corrected chi connectivity index (χ4v) is 5.79. The summed E-state index contributed by atoms with van der Waals surface area (Å²) in [6, 6.07) is 6.21. The zero-order chi connectivity index (χ0) is 22.0. The van der Waals surface area contributed by atoms with Gasteiger partial charge in [-0.2, -0.15) is 0 Å². The van der Waals surface area contributed by atoms with E-state index in [1.807, 2.05) is 12.1 Å². The molecule has 1 aliphatic heterocycles. The maximum absolute atomic E-state index is 12.9. The summed E-state index contributed by atoms with van der Waals surface area (Å²) in [4.78, 5) is 19.5. The van der Waals surface area contributed by atoms with Gasteiger partial charge in [-0.1, -0.05) is 29.3 Å². The number of hydrogen-bond acceptors (Lipinski definition) is 5. The van der Waals surface area contributed by atoms with Crippen LogP contribution in [-0.2, 0) is 16.6 Å². The Bertz CT molecular complexity index is 1080. The van der Waals surface area contributed by atoms with E-state index in [1.165, 1.54) is 18.6 Å². The van der Waals surface area contributed by atoms with Crippen LogP contribution in [0.15, 0.2) is 35.4 Å². The van der Waals surface area contributed by atoms with Gasteiger partial charge in [0.1, 0.15) is 10.7 Å². The molecule has 10 heteroatoms. The number of nitrogens with one attached hydrogen (secondary N) is 2. The molecule has 0 unspecified atom stereocenters. The number of carbonyl (C=O) groups is 1. The summed E-state index contributed by atoms with van der Waals surface area (Å²) in [7, 11) is -3.83. The molecule has 1 aromatic carbocycles. The number of nitrogens with zero attached hydrogens (tertiary/aromatic N) is 2. The number of anilines is 1. The molecule has 31 heavy (non-hydrogen) atoms. The Kier molecular flexibility index (Phi) is 6.71. The van der Waals surface area contributed by atoms with E-state index in [1.54, 1.807) is 6.20 Å². The Hall–Kier alpha value is -1.87. The number of sulfonamides is 1. The zero-order valence-electron chi connectivity index (χ0n) is 16.9. The minimum absolute atomic E-state index is 0.0191. The first-order chi connectivity index (χ1) is 14.8. The molecule has 1 aromatic heterocycles. The van der Waals surface area contributed by atoms with Crippen molar-refractivity contribution in [2.75, 3.05) is 18.0 Å². The van der Waals surface area contributed by atoms with E-state index in [9.17, 15) is 13.2 Å². The number of rotatable bonds is 7. The molecule has 1 amide bonds. The normalized spacial score (nSPS) is 16.9. The van der Waals surface area contributed by atoms with E-state index >= 15 is 0 Å². The lowest BCUT2D eigenvalue weighted by Crippen LogP contribution is -2.32. The molecule has 1 saturated carbocycles. The molecule has 2 fully saturated rings. The molecule has 1 saturated heterocycles. The Morgan fingerprint density at radius 3 is 2.58 bits per heavy atom. The number of piperidine rings is 1. The maximum Gasteiger partial charge on any atom is 0.253 e. The maximum atomic E-state index is 12.9. The second-order valence-corrected chi connectivity index (χ2v) is 10.4. The molecular weight excluding hydrogens is 459 g/mol. The number of pyridine rings is 1. The molecule has 0 radical (unpaired) electrons. The molecule has 4 rings (SSSR count). The van der Waals surface area contributed by atoms with E-state index in [0.717, 1.165) is 50.2 Å². The van der Waals surface area contributed by atoms with Crippen LogP contribution in [-0.4, -0.2) is 38.4 Å². The van der Waals surface area contributed by atoms with Gasteiger partial charge in [0.2, 0.25) is 10.0 Å². The van der Waals surface area contributed by atoms with Crippen molar-refractivity contribution < 1.29 is 13.2 Å². The highest BCUT2D eigenvalue weighted by Gasteiger charge is 2.30. The van der Waals surface area contributed by atoms with Gasteiger partial charge in [0.05, 0.1) is 15.6 Å². The molecule has 1 aliphatic carbocycles. The van der Waals surface area contributed by atoms with Crippen molar-refractivity contribution in [3.05, 3.63) is 51.6 Å². The number of hydrogen-bond donors (Lipinski definition) is 2. The number of amides is 1. The van der Waals surface area contributed by atoms with Gasteiger partial charge < -0.3 is 10.2 Å². The third-order valence-corrected chi connectivity index (χ3v) is 7.72. The van der Waals surface area contributed by atoms with E-state index in [4.69, 9.17) is 23.2 Å². The van der Waals surface area contributed by atoms with E-state index in [-0.39, 0.29) is 33.1 Å². The quantitative estimate of drug-likeness (QED) is 0.626. The molecule has 2 N–H and O–H groups in total. The molecule has 2 heterocycles. The lowest BCUT2D eigenvalue weighted by atomic mass is 10.1. The van der Waals surface area contributed by atoms with Crippen LogP contribution in [0.1, 0.15) is 48.0 Å². The number of aromatic nitrogens is 1. The molecule has 166 valence electrons. The van der Waals surface area contributed by atoms with Crippen molar-refractivity contribution in [2.45, 2.75) is 49.6 Å². The van der Waals surface area contributed by atoms with E-state index < -0.39 is 15.9 Å². The fourth-order valence-electron chi connectivity index (χ4n) is 3.62. The Morgan fingerprint density at radius 2 is 1.87 bits per heavy atom. The van der Waals surface area contributed by atoms with Crippen LogP contribution in [0.2, 0.25) is 10.0 Å². The Labute approximate surface area is 192 Å². The predicted octanol–water partition coefficient (Wildman–Crippen LogP) is 3.75. The molecule has 7 nitrogen and oxygen atoms in total. The summed E-state index contributed by atoms with van der Waals surface area (Å²) in [6.07, 6.45) is 6.79. The largest absolute Gasteiger partial charge is 0.356 e. The van der Waals surface area contributed by atoms with E-state index in [0.29, 0.717) is 0 Å². The standard InChI is InChI=1S/C21H24Cl2N4O3S/c22-17-12-18(23)19(31(29,30)26-15-6-7-15)11-16(17)21(28)25-13-14-5-4-8-24-20(14)27-9-2-1-3-10-27/h4-5,8,11-12,15,26H,1-3,6-7,9-10,13H2,(H,25,28). The number of halogens is 2. The highest BCUT2D eigenvalue weighted by molar-refractivity contribution is 7.89. The Morgan fingerprint density at radius 1 is 1.13 bits per heavy atom. The van der Waals surface area contributed by atoms with Crippen molar-refractivity contribution >= 4 is 45.0 Å². The van der Waals surface area contributed by atoms with Crippen LogP contribution in [0.5, 0.6) is 0 Å². The first kappa shape index (κ1) is 22.3. The minimum Gasteiger partial charge on any atom is -0.356 e. The van der Waals surface area contributed by atoms with Crippen LogP contribution in [0.4, 0.5) is 5.82 Å². The average molecular weight is 483 g/mol. The van der Waals surface area contributed by atoms with Crippen molar-refractivity contribution in [3.63, 3.8) is 0 Å². The van der Waals surface area contributed by atoms with Gasteiger partial charge in [0.15, 0.2) is 0 Å². The van der Waals surface area contributed by atoms with Gasteiger partial charge in [0, 0.05) is 37.4 Å². The van der Waals surface area contributed by atoms with Gasteiger partial charge in [-0.05, 0) is 50.3 Å².